The van der Waals surface area contributed by atoms with Gasteiger partial charge in [-0.05, 0) is 30.7 Å². The van der Waals surface area contributed by atoms with Crippen molar-refractivity contribution in [3.63, 3.8) is 0 Å². The molecule has 0 amide bonds. The first-order chi connectivity index (χ1) is 8.06. The van der Waals surface area contributed by atoms with E-state index in [-0.39, 0.29) is 5.56 Å². The number of nitrogen functional groups attached to an aromatic ring is 1. The molecule has 1 heterocycles. The lowest BCUT2D eigenvalue weighted by Gasteiger charge is -2.08. The van der Waals surface area contributed by atoms with Crippen molar-refractivity contribution >= 4 is 21.6 Å². The van der Waals surface area contributed by atoms with Gasteiger partial charge in [-0.25, -0.2) is 4.68 Å². The first-order valence-electron chi connectivity index (χ1n) is 5.38. The maximum atomic E-state index is 12.1. The van der Waals surface area contributed by atoms with E-state index in [0.29, 0.717) is 5.69 Å². The van der Waals surface area contributed by atoms with Crippen LogP contribution in [0.2, 0.25) is 0 Å². The van der Waals surface area contributed by atoms with E-state index in [2.05, 4.69) is 15.9 Å². The van der Waals surface area contributed by atoms with Crippen LogP contribution in [0.5, 0.6) is 0 Å². The monoisotopic (exact) mass is 295 g/mol. The second-order valence-corrected chi connectivity index (χ2v) is 4.75. The number of hydrogen-bond donors (Lipinski definition) is 1. The zero-order chi connectivity index (χ0) is 12.6. The van der Waals surface area contributed by atoms with E-state index in [1.165, 1.54) is 0 Å². The highest BCUT2D eigenvalue weighted by Gasteiger charge is 2.14. The molecule has 0 fully saturated rings. The van der Waals surface area contributed by atoms with Crippen LogP contribution in [0, 0.1) is 0 Å². The number of aromatic nitrogens is 2. The summed E-state index contributed by atoms with van der Waals surface area (Å²) >= 11 is 3.37. The maximum Gasteiger partial charge on any atom is 0.294 e. The van der Waals surface area contributed by atoms with Gasteiger partial charge in [0.25, 0.3) is 5.56 Å². The Hall–Kier alpha value is -1.49. The van der Waals surface area contributed by atoms with Crippen molar-refractivity contribution in [1.29, 1.82) is 0 Å². The first-order valence-corrected chi connectivity index (χ1v) is 6.17. The van der Waals surface area contributed by atoms with Crippen molar-refractivity contribution in [3.8, 4) is 5.69 Å². The van der Waals surface area contributed by atoms with Gasteiger partial charge >= 0.3 is 0 Å². The Kier molecular flexibility index (Phi) is 3.11. The van der Waals surface area contributed by atoms with Crippen molar-refractivity contribution in [2.75, 3.05) is 5.73 Å². The molecule has 0 aliphatic heterocycles. The second-order valence-electron chi connectivity index (χ2n) is 3.83. The van der Waals surface area contributed by atoms with Gasteiger partial charge in [0.15, 0.2) is 0 Å². The molecule has 90 valence electrons. The third-order valence-electron chi connectivity index (χ3n) is 2.83. The Morgan fingerprint density at radius 3 is 2.35 bits per heavy atom. The van der Waals surface area contributed by atoms with E-state index in [0.717, 1.165) is 22.3 Å². The van der Waals surface area contributed by atoms with Crippen LogP contribution in [0.15, 0.2) is 33.5 Å². The smallest absolute Gasteiger partial charge is 0.294 e. The predicted molar refractivity (Wildman–Crippen MR) is 72.5 cm³/mol. The van der Waals surface area contributed by atoms with Gasteiger partial charge in [0, 0.05) is 11.5 Å². The van der Waals surface area contributed by atoms with Crippen LogP contribution in [0.4, 0.5) is 5.69 Å². The minimum absolute atomic E-state index is 0.160. The molecule has 0 saturated heterocycles. The quantitative estimate of drug-likeness (QED) is 0.922. The Labute approximate surface area is 108 Å². The minimum Gasteiger partial charge on any atom is -0.393 e. The van der Waals surface area contributed by atoms with Gasteiger partial charge in [-0.1, -0.05) is 22.9 Å². The minimum atomic E-state index is -0.160. The number of halogens is 1. The Morgan fingerprint density at radius 2 is 1.88 bits per heavy atom. The molecule has 2 N–H and O–H groups in total. The van der Waals surface area contributed by atoms with Crippen molar-refractivity contribution in [2.24, 2.45) is 7.05 Å². The third-order valence-corrected chi connectivity index (χ3v) is 3.36. The van der Waals surface area contributed by atoms with Crippen LogP contribution in [-0.4, -0.2) is 9.36 Å². The molecule has 0 spiro atoms. The summed E-state index contributed by atoms with van der Waals surface area (Å²) in [6.07, 6.45) is 0.737. The maximum absolute atomic E-state index is 12.1. The largest absolute Gasteiger partial charge is 0.393 e. The van der Waals surface area contributed by atoms with E-state index < -0.39 is 0 Å². The predicted octanol–water partition coefficient (Wildman–Crippen LogP) is 2.08. The van der Waals surface area contributed by atoms with Gasteiger partial charge in [-0.15, -0.1) is 0 Å². The lowest BCUT2D eigenvalue weighted by Crippen LogP contribution is -2.20. The highest BCUT2D eigenvalue weighted by molar-refractivity contribution is 9.10. The second kappa shape index (κ2) is 4.41. The lowest BCUT2D eigenvalue weighted by atomic mass is 10.3. The fraction of sp³-hybridized carbons (Fsp3) is 0.250. The van der Waals surface area contributed by atoms with E-state index in [4.69, 9.17) is 5.73 Å². The van der Waals surface area contributed by atoms with Crippen LogP contribution in [-0.2, 0) is 13.5 Å². The summed E-state index contributed by atoms with van der Waals surface area (Å²) in [6.45, 7) is 1.98. The molecule has 0 radical (unpaired) electrons. The van der Waals surface area contributed by atoms with Crippen LogP contribution in [0.3, 0.4) is 0 Å². The average Bonchev–Trinajstić information content (AvgIpc) is 2.52. The average molecular weight is 296 g/mol. The molecule has 17 heavy (non-hydrogen) atoms. The van der Waals surface area contributed by atoms with E-state index in [1.54, 1.807) is 9.36 Å². The van der Waals surface area contributed by atoms with Gasteiger partial charge in [0.2, 0.25) is 0 Å². The Bertz CT molecular complexity index is 595. The summed E-state index contributed by atoms with van der Waals surface area (Å²) in [6, 6.07) is 7.56. The summed E-state index contributed by atoms with van der Waals surface area (Å²) < 4.78 is 4.37. The highest BCUT2D eigenvalue weighted by Crippen LogP contribution is 2.15. The van der Waals surface area contributed by atoms with E-state index in [9.17, 15) is 4.79 Å². The summed E-state index contributed by atoms with van der Waals surface area (Å²) in [4.78, 5) is 12.1. The van der Waals surface area contributed by atoms with Crippen LogP contribution in [0.25, 0.3) is 5.69 Å². The molecule has 0 aliphatic rings. The molecular formula is C12H14BrN3O. The molecule has 0 bridgehead atoms. The highest BCUT2D eigenvalue weighted by atomic mass is 79.9. The number of anilines is 1. The molecule has 4 nitrogen and oxygen atoms in total. The number of nitrogens with two attached hydrogens (primary N) is 1. The SMILES string of the molecule is CCc1c(N)c(=O)n(-c2ccc(Br)cc2)n1C. The Balaban J connectivity index is 2.68. The molecular weight excluding hydrogens is 282 g/mol. The summed E-state index contributed by atoms with van der Waals surface area (Å²) in [5.74, 6) is 0. The van der Waals surface area contributed by atoms with E-state index in [1.807, 2.05) is 38.2 Å². The van der Waals surface area contributed by atoms with Crippen LogP contribution < -0.4 is 11.3 Å². The van der Waals surface area contributed by atoms with Gasteiger partial charge < -0.3 is 5.73 Å². The van der Waals surface area contributed by atoms with Crippen LogP contribution in [0.1, 0.15) is 12.6 Å². The van der Waals surface area contributed by atoms with Gasteiger partial charge in [0.05, 0.1) is 11.4 Å². The summed E-state index contributed by atoms with van der Waals surface area (Å²) in [7, 11) is 1.85. The molecule has 2 rings (SSSR count). The van der Waals surface area contributed by atoms with Crippen molar-refractivity contribution in [2.45, 2.75) is 13.3 Å². The van der Waals surface area contributed by atoms with Crippen molar-refractivity contribution < 1.29 is 0 Å². The number of hydrogen-bond acceptors (Lipinski definition) is 2. The molecule has 0 aliphatic carbocycles. The van der Waals surface area contributed by atoms with Crippen LogP contribution >= 0.6 is 15.9 Å². The van der Waals surface area contributed by atoms with Gasteiger partial charge in [-0.3, -0.25) is 9.48 Å². The Morgan fingerprint density at radius 1 is 1.29 bits per heavy atom. The normalized spacial score (nSPS) is 10.8. The van der Waals surface area contributed by atoms with Crippen molar-refractivity contribution in [1.82, 2.24) is 9.36 Å². The fourth-order valence-electron chi connectivity index (χ4n) is 1.96. The molecule has 2 aromatic rings. The number of benzene rings is 1. The van der Waals surface area contributed by atoms with Gasteiger partial charge in [-0.2, -0.15) is 0 Å². The zero-order valence-corrected chi connectivity index (χ0v) is 11.4. The summed E-state index contributed by atoms with van der Waals surface area (Å²) in [5, 5.41) is 0. The fourth-order valence-corrected chi connectivity index (χ4v) is 2.23. The molecule has 1 aromatic heterocycles. The standard InChI is InChI=1S/C12H14BrN3O/c1-3-10-11(14)12(17)16(15(10)2)9-6-4-8(13)5-7-9/h4-7H,3,14H2,1-2H3. The molecule has 5 heteroatoms. The molecule has 0 saturated carbocycles. The first kappa shape index (κ1) is 12.0. The molecule has 0 unspecified atom stereocenters. The van der Waals surface area contributed by atoms with Crippen molar-refractivity contribution in [3.05, 3.63) is 44.8 Å². The lowest BCUT2D eigenvalue weighted by molar-refractivity contribution is 0.618. The summed E-state index contributed by atoms with van der Waals surface area (Å²) in [5.41, 5.74) is 7.66. The van der Waals surface area contributed by atoms with E-state index >= 15 is 0 Å². The zero-order valence-electron chi connectivity index (χ0n) is 9.77. The molecule has 0 atom stereocenters. The number of nitrogens with zero attached hydrogens (tertiary/aromatic N) is 2. The topological polar surface area (TPSA) is 53.0 Å². The number of rotatable bonds is 2. The molecule has 1 aromatic carbocycles. The van der Waals surface area contributed by atoms with Gasteiger partial charge in [0.1, 0.15) is 5.69 Å². The third kappa shape index (κ3) is 1.91.